The van der Waals surface area contributed by atoms with Crippen LogP contribution < -0.4 is 10.6 Å². The third kappa shape index (κ3) is 4.78. The van der Waals surface area contributed by atoms with Crippen molar-refractivity contribution >= 4 is 40.0 Å². The van der Waals surface area contributed by atoms with E-state index in [1.54, 1.807) is 0 Å². The fourth-order valence-electron chi connectivity index (χ4n) is 3.06. The first-order valence-corrected chi connectivity index (χ1v) is 10.2. The maximum atomic E-state index is 13.0. The number of fused-ring (bicyclic) bond motifs is 1. The van der Waals surface area contributed by atoms with E-state index >= 15 is 0 Å². The number of aromatic nitrogens is 1. The molecule has 7 heteroatoms. The Bertz CT molecular complexity index is 1250. The monoisotopic (exact) mass is 433 g/mol. The Balaban J connectivity index is 1.43. The predicted molar refractivity (Wildman–Crippen MR) is 124 cm³/mol. The zero-order chi connectivity index (χ0) is 22.0. The lowest BCUT2D eigenvalue weighted by molar-refractivity contribution is 0.0977. The number of thiocarbonyl (C=S) groups is 1. The van der Waals surface area contributed by atoms with Gasteiger partial charge in [-0.25, -0.2) is 9.37 Å². The van der Waals surface area contributed by atoms with Crippen molar-refractivity contribution in [2.45, 2.75) is 19.8 Å². The van der Waals surface area contributed by atoms with Gasteiger partial charge in [0, 0.05) is 16.8 Å². The Labute approximate surface area is 184 Å². The third-order valence-corrected chi connectivity index (χ3v) is 5.01. The lowest BCUT2D eigenvalue weighted by Crippen LogP contribution is -2.34. The van der Waals surface area contributed by atoms with Gasteiger partial charge in [0.15, 0.2) is 10.7 Å². The summed E-state index contributed by atoms with van der Waals surface area (Å²) >= 11 is 5.19. The predicted octanol–water partition coefficient (Wildman–Crippen LogP) is 5.88. The zero-order valence-corrected chi connectivity index (χ0v) is 17.8. The summed E-state index contributed by atoms with van der Waals surface area (Å²) in [5, 5.41) is 5.67. The summed E-state index contributed by atoms with van der Waals surface area (Å²) in [6, 6.07) is 18.6. The number of oxazole rings is 1. The van der Waals surface area contributed by atoms with E-state index in [9.17, 15) is 9.18 Å². The van der Waals surface area contributed by atoms with E-state index in [0.29, 0.717) is 23.1 Å². The minimum atomic E-state index is -0.415. The Morgan fingerprint density at radius 2 is 1.74 bits per heavy atom. The quantitative estimate of drug-likeness (QED) is 0.393. The van der Waals surface area contributed by atoms with Crippen molar-refractivity contribution in [1.82, 2.24) is 10.3 Å². The van der Waals surface area contributed by atoms with Gasteiger partial charge in [-0.3, -0.25) is 10.1 Å². The molecule has 3 aromatic carbocycles. The summed E-state index contributed by atoms with van der Waals surface area (Å²) in [6.45, 7) is 4.28. The van der Waals surface area contributed by atoms with Gasteiger partial charge in [-0.15, -0.1) is 0 Å². The lowest BCUT2D eigenvalue weighted by Gasteiger charge is -2.10. The average molecular weight is 434 g/mol. The number of halogens is 1. The fourth-order valence-corrected chi connectivity index (χ4v) is 3.27. The molecule has 0 atom stereocenters. The van der Waals surface area contributed by atoms with Crippen molar-refractivity contribution < 1.29 is 13.6 Å². The molecule has 0 radical (unpaired) electrons. The Kier molecular flexibility index (Phi) is 5.77. The van der Waals surface area contributed by atoms with Gasteiger partial charge in [-0.2, -0.15) is 0 Å². The molecule has 2 N–H and O–H groups in total. The van der Waals surface area contributed by atoms with E-state index in [4.69, 9.17) is 16.6 Å². The topological polar surface area (TPSA) is 67.2 Å². The Hall–Kier alpha value is -3.58. The molecule has 4 aromatic rings. The summed E-state index contributed by atoms with van der Waals surface area (Å²) in [4.78, 5) is 16.8. The molecule has 0 saturated heterocycles. The average Bonchev–Trinajstić information content (AvgIpc) is 3.18. The van der Waals surface area contributed by atoms with E-state index < -0.39 is 11.7 Å². The summed E-state index contributed by atoms with van der Waals surface area (Å²) < 4.78 is 18.9. The first-order chi connectivity index (χ1) is 14.9. The highest BCUT2D eigenvalue weighted by Crippen LogP contribution is 2.27. The van der Waals surface area contributed by atoms with Gasteiger partial charge in [0.2, 0.25) is 5.89 Å². The second-order valence-corrected chi connectivity index (χ2v) is 7.80. The second kappa shape index (κ2) is 8.65. The molecule has 5 nitrogen and oxygen atoms in total. The van der Waals surface area contributed by atoms with Crippen LogP contribution in [0.1, 0.15) is 35.7 Å². The molecule has 156 valence electrons. The van der Waals surface area contributed by atoms with Crippen molar-refractivity contribution in [1.29, 1.82) is 0 Å². The van der Waals surface area contributed by atoms with Crippen molar-refractivity contribution in [2.24, 2.45) is 0 Å². The minimum Gasteiger partial charge on any atom is -0.436 e. The van der Waals surface area contributed by atoms with Gasteiger partial charge in [-0.1, -0.05) is 19.9 Å². The molecule has 0 unspecified atom stereocenters. The number of hydrogen-bond donors (Lipinski definition) is 2. The fraction of sp³-hybridized carbons (Fsp3) is 0.125. The summed E-state index contributed by atoms with van der Waals surface area (Å²) in [6.07, 6.45) is 0. The number of rotatable bonds is 4. The van der Waals surface area contributed by atoms with Crippen LogP contribution in [0.5, 0.6) is 0 Å². The van der Waals surface area contributed by atoms with Crippen LogP contribution in [0.3, 0.4) is 0 Å². The maximum absolute atomic E-state index is 13.0. The van der Waals surface area contributed by atoms with Crippen molar-refractivity contribution in [3.8, 4) is 11.5 Å². The molecule has 0 saturated carbocycles. The largest absolute Gasteiger partial charge is 0.436 e. The summed E-state index contributed by atoms with van der Waals surface area (Å²) in [5.41, 5.74) is 4.63. The van der Waals surface area contributed by atoms with E-state index in [1.165, 1.54) is 29.8 Å². The molecule has 1 amide bonds. The molecule has 0 spiro atoms. The highest BCUT2D eigenvalue weighted by atomic mass is 32.1. The lowest BCUT2D eigenvalue weighted by atomic mass is 10.0. The normalized spacial score (nSPS) is 11.0. The highest BCUT2D eigenvalue weighted by Gasteiger charge is 2.11. The molecule has 31 heavy (non-hydrogen) atoms. The smallest absolute Gasteiger partial charge is 0.257 e. The first kappa shape index (κ1) is 20.7. The van der Waals surface area contributed by atoms with Crippen molar-refractivity contribution in [3.05, 3.63) is 83.7 Å². The van der Waals surface area contributed by atoms with Gasteiger partial charge in [-0.05, 0) is 84.4 Å². The number of nitrogens with one attached hydrogen (secondary N) is 2. The van der Waals surface area contributed by atoms with Gasteiger partial charge in [0.1, 0.15) is 11.3 Å². The van der Waals surface area contributed by atoms with Gasteiger partial charge in [0.05, 0.1) is 0 Å². The molecule has 0 fully saturated rings. The van der Waals surface area contributed by atoms with E-state index in [0.717, 1.165) is 16.7 Å². The minimum absolute atomic E-state index is 0.144. The van der Waals surface area contributed by atoms with Crippen molar-refractivity contribution in [2.75, 3.05) is 5.32 Å². The summed E-state index contributed by atoms with van der Waals surface area (Å²) in [7, 11) is 0. The molecular formula is C24H20FN3O2S. The van der Waals surface area contributed by atoms with Crippen LogP contribution in [0.25, 0.3) is 22.6 Å². The van der Waals surface area contributed by atoms with Crippen LogP contribution in [-0.4, -0.2) is 16.0 Å². The molecule has 0 aliphatic rings. The molecule has 1 heterocycles. The van der Waals surface area contributed by atoms with Gasteiger partial charge >= 0.3 is 0 Å². The molecular weight excluding hydrogens is 413 g/mol. The number of anilines is 1. The second-order valence-electron chi connectivity index (χ2n) is 7.39. The van der Waals surface area contributed by atoms with E-state index in [2.05, 4.69) is 35.5 Å². The molecule has 0 aliphatic carbocycles. The molecule has 1 aromatic heterocycles. The Morgan fingerprint density at radius 3 is 2.42 bits per heavy atom. The number of carbonyl (C=O) groups excluding carboxylic acids is 1. The highest BCUT2D eigenvalue weighted by molar-refractivity contribution is 7.80. The number of amides is 1. The van der Waals surface area contributed by atoms with Crippen LogP contribution in [-0.2, 0) is 0 Å². The number of carbonyl (C=O) groups is 1. The zero-order valence-electron chi connectivity index (χ0n) is 17.0. The van der Waals surface area contributed by atoms with Gasteiger partial charge in [0.25, 0.3) is 5.91 Å². The first-order valence-electron chi connectivity index (χ1n) is 9.78. The summed E-state index contributed by atoms with van der Waals surface area (Å²) in [5.74, 6) is 0.134. The molecule has 0 bridgehead atoms. The molecule has 0 aliphatic heterocycles. The third-order valence-electron chi connectivity index (χ3n) is 4.80. The van der Waals surface area contributed by atoms with Crippen LogP contribution in [0.2, 0.25) is 0 Å². The van der Waals surface area contributed by atoms with Crippen LogP contribution >= 0.6 is 12.2 Å². The Morgan fingerprint density at radius 1 is 1.03 bits per heavy atom. The van der Waals surface area contributed by atoms with Gasteiger partial charge < -0.3 is 9.73 Å². The molecule has 4 rings (SSSR count). The number of nitrogens with zero attached hydrogens (tertiary/aromatic N) is 1. The number of hydrogen-bond acceptors (Lipinski definition) is 4. The van der Waals surface area contributed by atoms with Crippen LogP contribution in [0.15, 0.2) is 71.1 Å². The van der Waals surface area contributed by atoms with Crippen LogP contribution in [0.4, 0.5) is 10.1 Å². The number of benzene rings is 3. The van der Waals surface area contributed by atoms with E-state index in [-0.39, 0.29) is 5.11 Å². The SMILES string of the molecule is CC(C)c1ccc2oc(-c3ccc(NC(=S)NC(=O)c4ccc(F)cc4)cc3)nc2c1. The van der Waals surface area contributed by atoms with Crippen molar-refractivity contribution in [3.63, 3.8) is 0 Å². The maximum Gasteiger partial charge on any atom is 0.257 e. The standard InChI is InChI=1S/C24H20FN3O2S/c1-14(2)17-7-12-21-20(13-17)27-23(30-21)16-5-10-19(11-6-16)26-24(31)28-22(29)15-3-8-18(25)9-4-15/h3-14H,1-2H3,(H2,26,28,29,31). The van der Waals surface area contributed by atoms with Crippen LogP contribution in [0, 0.1) is 5.82 Å². The van der Waals surface area contributed by atoms with E-state index in [1.807, 2.05) is 36.4 Å².